The minimum Gasteiger partial charge on any atom is -0.336 e. The van der Waals surface area contributed by atoms with E-state index in [1.807, 2.05) is 6.92 Å². The van der Waals surface area contributed by atoms with Gasteiger partial charge in [0, 0.05) is 26.2 Å². The average molecular weight is 185 g/mol. The summed E-state index contributed by atoms with van der Waals surface area (Å²) in [6, 6.07) is 0.118. The summed E-state index contributed by atoms with van der Waals surface area (Å²) in [6.45, 7) is 3.28. The maximum absolute atomic E-state index is 11.3. The fourth-order valence-corrected chi connectivity index (χ4v) is 1.17. The predicted octanol–water partition coefficient (Wildman–Crippen LogP) is 0.385. The van der Waals surface area contributed by atoms with Crippen molar-refractivity contribution in [1.82, 2.24) is 10.2 Å². The highest BCUT2D eigenvalue weighted by molar-refractivity contribution is 5.73. The summed E-state index contributed by atoms with van der Waals surface area (Å²) < 4.78 is 0. The Morgan fingerprint density at radius 1 is 1.69 bits per heavy atom. The van der Waals surface area contributed by atoms with Crippen LogP contribution in [0, 0.1) is 5.92 Å². The van der Waals surface area contributed by atoms with Gasteiger partial charge >= 0.3 is 6.03 Å². The fourth-order valence-electron chi connectivity index (χ4n) is 1.17. The largest absolute Gasteiger partial charge is 0.336 e. The molecular formula is C9H19N3O. The van der Waals surface area contributed by atoms with E-state index in [4.69, 9.17) is 5.73 Å². The number of carbonyl (C=O) groups is 1. The highest BCUT2D eigenvalue weighted by Crippen LogP contribution is 2.31. The van der Waals surface area contributed by atoms with Gasteiger partial charge in [0.2, 0.25) is 0 Å². The van der Waals surface area contributed by atoms with Crippen molar-refractivity contribution in [1.29, 1.82) is 0 Å². The number of hydrogen-bond acceptors (Lipinski definition) is 2. The van der Waals surface area contributed by atoms with Crippen molar-refractivity contribution in [2.45, 2.75) is 25.8 Å². The summed E-state index contributed by atoms with van der Waals surface area (Å²) in [5.41, 5.74) is 5.84. The first kappa shape index (κ1) is 10.3. The molecule has 0 aromatic carbocycles. The molecule has 1 fully saturated rings. The topological polar surface area (TPSA) is 58.4 Å². The molecule has 0 saturated heterocycles. The van der Waals surface area contributed by atoms with Crippen LogP contribution < -0.4 is 11.1 Å². The minimum absolute atomic E-state index is 0.0291. The Hall–Kier alpha value is -0.770. The molecule has 0 aromatic rings. The molecule has 1 unspecified atom stereocenters. The smallest absolute Gasteiger partial charge is 0.317 e. The number of hydrogen-bond donors (Lipinski definition) is 2. The van der Waals surface area contributed by atoms with Crippen LogP contribution in [0.25, 0.3) is 0 Å². The monoisotopic (exact) mass is 185 g/mol. The molecule has 0 bridgehead atoms. The fraction of sp³-hybridized carbons (Fsp3) is 0.889. The van der Waals surface area contributed by atoms with E-state index in [-0.39, 0.29) is 12.1 Å². The van der Waals surface area contributed by atoms with Gasteiger partial charge in [0.25, 0.3) is 0 Å². The SMILES string of the molecule is CCN(C)C(=O)NCC(N)C1CC1. The minimum atomic E-state index is -0.0291. The van der Waals surface area contributed by atoms with Crippen molar-refractivity contribution in [3.63, 3.8) is 0 Å². The molecule has 1 aliphatic carbocycles. The van der Waals surface area contributed by atoms with Crippen molar-refractivity contribution >= 4 is 6.03 Å². The summed E-state index contributed by atoms with van der Waals surface area (Å²) in [6.07, 6.45) is 2.45. The van der Waals surface area contributed by atoms with Crippen molar-refractivity contribution in [2.24, 2.45) is 11.7 Å². The number of rotatable bonds is 4. The molecule has 0 aromatic heterocycles. The van der Waals surface area contributed by atoms with E-state index in [2.05, 4.69) is 5.32 Å². The Labute approximate surface area is 79.5 Å². The van der Waals surface area contributed by atoms with E-state index in [9.17, 15) is 4.79 Å². The quantitative estimate of drug-likeness (QED) is 0.665. The van der Waals surface area contributed by atoms with Crippen LogP contribution in [0.4, 0.5) is 4.79 Å². The zero-order valence-corrected chi connectivity index (χ0v) is 8.42. The van der Waals surface area contributed by atoms with E-state index in [0.29, 0.717) is 12.5 Å². The highest BCUT2D eigenvalue weighted by Gasteiger charge is 2.28. The van der Waals surface area contributed by atoms with Gasteiger partial charge in [-0.2, -0.15) is 0 Å². The van der Waals surface area contributed by atoms with E-state index < -0.39 is 0 Å². The molecule has 4 nitrogen and oxygen atoms in total. The zero-order valence-electron chi connectivity index (χ0n) is 8.42. The lowest BCUT2D eigenvalue weighted by atomic mass is 10.2. The lowest BCUT2D eigenvalue weighted by molar-refractivity contribution is 0.210. The Balaban J connectivity index is 2.13. The van der Waals surface area contributed by atoms with E-state index in [1.165, 1.54) is 12.8 Å². The van der Waals surface area contributed by atoms with E-state index in [1.54, 1.807) is 11.9 Å². The highest BCUT2D eigenvalue weighted by atomic mass is 16.2. The summed E-state index contributed by atoms with van der Waals surface area (Å²) in [4.78, 5) is 12.9. The van der Waals surface area contributed by atoms with Gasteiger partial charge in [0.15, 0.2) is 0 Å². The average Bonchev–Trinajstić information content (AvgIpc) is 2.95. The Bertz CT molecular complexity index is 180. The summed E-state index contributed by atoms with van der Waals surface area (Å²) in [5.74, 6) is 0.646. The molecule has 1 saturated carbocycles. The lowest BCUT2D eigenvalue weighted by Crippen LogP contribution is -2.43. The number of nitrogens with zero attached hydrogens (tertiary/aromatic N) is 1. The summed E-state index contributed by atoms with van der Waals surface area (Å²) in [5, 5.41) is 2.82. The number of nitrogens with two attached hydrogens (primary N) is 1. The number of carbonyl (C=O) groups excluding carboxylic acids is 1. The molecule has 13 heavy (non-hydrogen) atoms. The van der Waals surface area contributed by atoms with Crippen LogP contribution >= 0.6 is 0 Å². The standard InChI is InChI=1S/C9H19N3O/c1-3-12(2)9(13)11-6-8(10)7-4-5-7/h7-8H,3-6,10H2,1-2H3,(H,11,13). The third-order valence-electron chi connectivity index (χ3n) is 2.54. The van der Waals surface area contributed by atoms with Gasteiger partial charge < -0.3 is 16.0 Å². The van der Waals surface area contributed by atoms with E-state index in [0.717, 1.165) is 6.54 Å². The molecule has 0 spiro atoms. The van der Waals surface area contributed by atoms with Crippen LogP contribution in [0.15, 0.2) is 0 Å². The van der Waals surface area contributed by atoms with Crippen molar-refractivity contribution in [3.05, 3.63) is 0 Å². The van der Waals surface area contributed by atoms with Gasteiger partial charge in [-0.05, 0) is 25.7 Å². The predicted molar refractivity (Wildman–Crippen MR) is 52.4 cm³/mol. The lowest BCUT2D eigenvalue weighted by Gasteiger charge is -2.17. The number of nitrogens with one attached hydrogen (secondary N) is 1. The van der Waals surface area contributed by atoms with Crippen molar-refractivity contribution in [2.75, 3.05) is 20.1 Å². The molecule has 2 amide bonds. The van der Waals surface area contributed by atoms with Crippen LogP contribution in [0.5, 0.6) is 0 Å². The molecule has 0 heterocycles. The van der Waals surface area contributed by atoms with Gasteiger partial charge in [0.05, 0.1) is 0 Å². The maximum Gasteiger partial charge on any atom is 0.317 e. The van der Waals surface area contributed by atoms with Crippen molar-refractivity contribution < 1.29 is 4.79 Å². The first-order valence-electron chi connectivity index (χ1n) is 4.89. The zero-order chi connectivity index (χ0) is 9.84. The maximum atomic E-state index is 11.3. The van der Waals surface area contributed by atoms with Crippen LogP contribution in [-0.4, -0.2) is 37.1 Å². The molecule has 4 heteroatoms. The van der Waals surface area contributed by atoms with Gasteiger partial charge in [-0.1, -0.05) is 0 Å². The summed E-state index contributed by atoms with van der Waals surface area (Å²) in [7, 11) is 1.78. The molecular weight excluding hydrogens is 166 g/mol. The molecule has 1 rings (SSSR count). The molecule has 0 aliphatic heterocycles. The Morgan fingerprint density at radius 2 is 2.31 bits per heavy atom. The van der Waals surface area contributed by atoms with Gasteiger partial charge in [0.1, 0.15) is 0 Å². The normalized spacial score (nSPS) is 18.1. The Kier molecular flexibility index (Phi) is 3.54. The molecule has 3 N–H and O–H groups in total. The van der Waals surface area contributed by atoms with Crippen LogP contribution in [0.2, 0.25) is 0 Å². The van der Waals surface area contributed by atoms with Crippen molar-refractivity contribution in [3.8, 4) is 0 Å². The van der Waals surface area contributed by atoms with Crippen LogP contribution in [0.1, 0.15) is 19.8 Å². The molecule has 0 radical (unpaired) electrons. The van der Waals surface area contributed by atoms with Gasteiger partial charge in [-0.15, -0.1) is 0 Å². The third-order valence-corrected chi connectivity index (χ3v) is 2.54. The molecule has 76 valence electrons. The summed E-state index contributed by atoms with van der Waals surface area (Å²) >= 11 is 0. The van der Waals surface area contributed by atoms with Gasteiger partial charge in [-0.3, -0.25) is 0 Å². The van der Waals surface area contributed by atoms with Gasteiger partial charge in [-0.25, -0.2) is 4.79 Å². The molecule has 1 aliphatic rings. The number of urea groups is 1. The van der Waals surface area contributed by atoms with Crippen LogP contribution in [-0.2, 0) is 0 Å². The first-order valence-corrected chi connectivity index (χ1v) is 4.89. The second-order valence-electron chi connectivity index (χ2n) is 3.70. The Morgan fingerprint density at radius 3 is 2.77 bits per heavy atom. The molecule has 1 atom stereocenters. The van der Waals surface area contributed by atoms with E-state index >= 15 is 0 Å². The third kappa shape index (κ3) is 3.22. The second kappa shape index (κ2) is 4.46. The first-order chi connectivity index (χ1) is 6.15. The second-order valence-corrected chi connectivity index (χ2v) is 3.70. The number of amides is 2. The van der Waals surface area contributed by atoms with Crippen LogP contribution in [0.3, 0.4) is 0 Å².